The Morgan fingerprint density at radius 1 is 1.12 bits per heavy atom. The van der Waals surface area contributed by atoms with Crippen LogP contribution in [0.2, 0.25) is 0 Å². The molecular weight excluding hydrogens is 442 g/mol. The molecule has 3 aromatic heterocycles. The van der Waals surface area contributed by atoms with Crippen molar-refractivity contribution in [2.75, 3.05) is 40.8 Å². The Bertz CT molecular complexity index is 1380. The van der Waals surface area contributed by atoms with E-state index in [1.54, 1.807) is 0 Å². The number of H-pyrrole nitrogens is 1. The van der Waals surface area contributed by atoms with Gasteiger partial charge in [0.05, 0.1) is 4.88 Å². The minimum absolute atomic E-state index is 0.132. The van der Waals surface area contributed by atoms with Crippen LogP contribution in [0.25, 0.3) is 33.3 Å². The smallest absolute Gasteiger partial charge is 0.264 e. The number of carbonyl (C=O) groups excluding carboxylic acids is 1. The molecule has 7 heteroatoms. The fraction of sp³-hybridized carbons (Fsp3) is 0.333. The van der Waals surface area contributed by atoms with Crippen LogP contribution in [0.15, 0.2) is 48.1 Å². The highest BCUT2D eigenvalue weighted by Crippen LogP contribution is 2.35. The predicted octanol–water partition coefficient (Wildman–Crippen LogP) is 4.33. The average Bonchev–Trinajstić information content (AvgIpc) is 3.44. The number of rotatable bonds is 4. The number of nitrogens with zero attached hydrogens (tertiary/aromatic N) is 4. The third-order valence-corrected chi connectivity index (χ3v) is 8.19. The van der Waals surface area contributed by atoms with Gasteiger partial charge >= 0.3 is 0 Å². The van der Waals surface area contributed by atoms with Gasteiger partial charge in [0.2, 0.25) is 0 Å². The molecule has 0 aliphatic carbocycles. The van der Waals surface area contributed by atoms with Crippen molar-refractivity contribution < 1.29 is 4.79 Å². The molecule has 34 heavy (non-hydrogen) atoms. The zero-order chi connectivity index (χ0) is 23.4. The Morgan fingerprint density at radius 2 is 1.97 bits per heavy atom. The second-order valence-electron chi connectivity index (χ2n) is 9.82. The zero-order valence-electron chi connectivity index (χ0n) is 19.8. The molecule has 6 rings (SSSR count). The van der Waals surface area contributed by atoms with Gasteiger partial charge in [-0.15, -0.1) is 11.3 Å². The van der Waals surface area contributed by atoms with Gasteiger partial charge in [0.25, 0.3) is 5.91 Å². The zero-order valence-corrected chi connectivity index (χ0v) is 20.7. The lowest BCUT2D eigenvalue weighted by atomic mass is 9.95. The molecule has 1 aromatic carbocycles. The lowest BCUT2D eigenvalue weighted by molar-refractivity contribution is 0.0404. The van der Waals surface area contributed by atoms with Crippen molar-refractivity contribution in [1.29, 1.82) is 0 Å². The Labute approximate surface area is 203 Å². The number of carbonyl (C=O) groups is 1. The third kappa shape index (κ3) is 3.74. The maximum Gasteiger partial charge on any atom is 0.264 e. The number of hydrogen-bond acceptors (Lipinski definition) is 5. The number of nitrogens with one attached hydrogen (secondary N) is 1. The van der Waals surface area contributed by atoms with Crippen molar-refractivity contribution in [2.24, 2.45) is 0 Å². The highest BCUT2D eigenvalue weighted by Gasteiger charge is 2.33. The van der Waals surface area contributed by atoms with E-state index < -0.39 is 0 Å². The molecule has 1 saturated heterocycles. The number of thiophene rings is 1. The molecule has 1 fully saturated rings. The van der Waals surface area contributed by atoms with Crippen molar-refractivity contribution in [3.05, 3.63) is 64.1 Å². The van der Waals surface area contributed by atoms with E-state index in [1.807, 2.05) is 23.4 Å². The molecule has 1 N–H and O–H groups in total. The van der Waals surface area contributed by atoms with Gasteiger partial charge in [0.15, 0.2) is 0 Å². The second-order valence-corrected chi connectivity index (χ2v) is 10.7. The van der Waals surface area contributed by atoms with E-state index in [2.05, 4.69) is 65.6 Å². The van der Waals surface area contributed by atoms with E-state index in [4.69, 9.17) is 4.98 Å². The van der Waals surface area contributed by atoms with Crippen LogP contribution in [0.4, 0.5) is 0 Å². The average molecular weight is 472 g/mol. The minimum atomic E-state index is 0.132. The van der Waals surface area contributed by atoms with E-state index >= 15 is 0 Å². The first kappa shape index (κ1) is 21.5. The van der Waals surface area contributed by atoms with Crippen LogP contribution in [0.3, 0.4) is 0 Å². The van der Waals surface area contributed by atoms with Gasteiger partial charge in [-0.25, -0.2) is 4.98 Å². The summed E-state index contributed by atoms with van der Waals surface area (Å²) in [6.45, 7) is 3.71. The summed E-state index contributed by atoms with van der Waals surface area (Å²) in [6.07, 6.45) is 5.06. The van der Waals surface area contributed by atoms with Gasteiger partial charge in [-0.3, -0.25) is 4.79 Å². The normalized spacial score (nSPS) is 16.8. The van der Waals surface area contributed by atoms with Crippen LogP contribution in [0.5, 0.6) is 0 Å². The van der Waals surface area contributed by atoms with Crippen molar-refractivity contribution in [3.8, 4) is 22.3 Å². The molecule has 2 aliphatic heterocycles. The maximum atomic E-state index is 12.9. The van der Waals surface area contributed by atoms with Gasteiger partial charge in [0.1, 0.15) is 5.65 Å². The summed E-state index contributed by atoms with van der Waals surface area (Å²) in [6, 6.07) is 11.5. The molecule has 6 nitrogen and oxygen atoms in total. The van der Waals surface area contributed by atoms with Crippen molar-refractivity contribution >= 4 is 28.3 Å². The number of pyridine rings is 1. The second kappa shape index (κ2) is 8.34. The number of likely N-dealkylation sites (tertiary alicyclic amines) is 1. The largest absolute Gasteiger partial charge is 0.346 e. The van der Waals surface area contributed by atoms with Gasteiger partial charge in [-0.05, 0) is 73.4 Å². The van der Waals surface area contributed by atoms with Crippen LogP contribution >= 0.6 is 11.3 Å². The van der Waals surface area contributed by atoms with E-state index in [0.717, 1.165) is 65.2 Å². The van der Waals surface area contributed by atoms with E-state index in [1.165, 1.54) is 28.0 Å². The molecule has 2 aliphatic rings. The number of likely N-dealkylation sites (N-methyl/N-ethyl adjacent to an activating group) is 2. The van der Waals surface area contributed by atoms with Gasteiger partial charge < -0.3 is 19.7 Å². The lowest BCUT2D eigenvalue weighted by Crippen LogP contribution is -2.59. The topological polar surface area (TPSA) is 55.5 Å². The number of amides is 1. The number of aromatic amines is 1. The molecule has 5 heterocycles. The fourth-order valence-corrected chi connectivity index (χ4v) is 5.84. The number of hydrogen-bond donors (Lipinski definition) is 1. The van der Waals surface area contributed by atoms with Crippen molar-refractivity contribution in [3.63, 3.8) is 0 Å². The number of fused-ring (bicyclic) bond motifs is 2. The van der Waals surface area contributed by atoms with E-state index in [9.17, 15) is 4.79 Å². The Kier molecular flexibility index (Phi) is 5.28. The summed E-state index contributed by atoms with van der Waals surface area (Å²) >= 11 is 1.52. The molecule has 0 radical (unpaired) electrons. The van der Waals surface area contributed by atoms with E-state index in [-0.39, 0.29) is 5.91 Å². The lowest BCUT2D eigenvalue weighted by Gasteiger charge is -2.42. The number of benzene rings is 1. The fourth-order valence-electron chi connectivity index (χ4n) is 4.97. The number of aromatic nitrogens is 2. The van der Waals surface area contributed by atoms with Crippen molar-refractivity contribution in [1.82, 2.24) is 24.7 Å². The molecule has 4 aromatic rings. The predicted molar refractivity (Wildman–Crippen MR) is 138 cm³/mol. The monoisotopic (exact) mass is 471 g/mol. The minimum Gasteiger partial charge on any atom is -0.346 e. The Balaban J connectivity index is 1.29. The summed E-state index contributed by atoms with van der Waals surface area (Å²) in [5, 5.41) is 3.17. The summed E-state index contributed by atoms with van der Waals surface area (Å²) in [4.78, 5) is 28.2. The van der Waals surface area contributed by atoms with Gasteiger partial charge in [0, 0.05) is 61.1 Å². The maximum absolute atomic E-state index is 12.9. The standard InChI is InChI=1S/C27H29N5OS/c1-30(2)22-14-32(15-22)27(33)25-10-21(16-34-25)24-12-29-26-23(24)9-19(11-28-26)18-5-4-17-6-7-31(3)13-20(17)8-18/h4-5,8-12,16,22H,6-7,13-15H2,1-3H3,(H,28,29). The molecular formula is C27H29N5OS. The third-order valence-electron chi connectivity index (χ3n) is 7.27. The Hall–Kier alpha value is -3.00. The Morgan fingerprint density at radius 3 is 2.79 bits per heavy atom. The summed E-state index contributed by atoms with van der Waals surface area (Å²) in [7, 11) is 6.31. The summed E-state index contributed by atoms with van der Waals surface area (Å²) in [5.74, 6) is 0.132. The van der Waals surface area contributed by atoms with Gasteiger partial charge in [-0.1, -0.05) is 12.1 Å². The van der Waals surface area contributed by atoms with Gasteiger partial charge in [-0.2, -0.15) is 0 Å². The molecule has 1 amide bonds. The molecule has 174 valence electrons. The van der Waals surface area contributed by atoms with Crippen LogP contribution in [0.1, 0.15) is 20.8 Å². The molecule has 0 spiro atoms. The van der Waals surface area contributed by atoms with Crippen LogP contribution in [-0.2, 0) is 13.0 Å². The molecule has 0 saturated carbocycles. The van der Waals surface area contributed by atoms with Crippen LogP contribution in [-0.4, -0.2) is 77.4 Å². The van der Waals surface area contributed by atoms with E-state index in [0.29, 0.717) is 6.04 Å². The first-order chi connectivity index (χ1) is 16.5. The highest BCUT2D eigenvalue weighted by atomic mass is 32.1. The van der Waals surface area contributed by atoms with Crippen molar-refractivity contribution in [2.45, 2.75) is 19.0 Å². The first-order valence-corrected chi connectivity index (χ1v) is 12.7. The molecule has 0 unspecified atom stereocenters. The molecule has 0 bridgehead atoms. The quantitative estimate of drug-likeness (QED) is 0.481. The summed E-state index contributed by atoms with van der Waals surface area (Å²) in [5.41, 5.74) is 8.20. The van der Waals surface area contributed by atoms with Crippen LogP contribution < -0.4 is 0 Å². The molecule has 0 atom stereocenters. The summed E-state index contributed by atoms with van der Waals surface area (Å²) < 4.78 is 0. The highest BCUT2D eigenvalue weighted by molar-refractivity contribution is 7.12. The SMILES string of the molecule is CN1CCc2ccc(-c3cnc4[nH]cc(-c5csc(C(=O)N6CC(N(C)C)C6)c5)c4c3)cc2C1. The first-order valence-electron chi connectivity index (χ1n) is 11.8. The van der Waals surface area contributed by atoms with Crippen LogP contribution in [0, 0.1) is 0 Å².